The van der Waals surface area contributed by atoms with Gasteiger partial charge in [0.1, 0.15) is 0 Å². The summed E-state index contributed by atoms with van der Waals surface area (Å²) >= 11 is 27.6. The Kier molecular flexibility index (Phi) is 23.1. The summed E-state index contributed by atoms with van der Waals surface area (Å²) in [6, 6.07) is 56.6. The lowest BCUT2D eigenvalue weighted by Gasteiger charge is -2.15. The van der Waals surface area contributed by atoms with Gasteiger partial charge in [-0.2, -0.15) is 11.5 Å². The average molecular weight is 1370 g/mol. The van der Waals surface area contributed by atoms with E-state index in [0.29, 0.717) is 5.46 Å². The van der Waals surface area contributed by atoms with Crippen LogP contribution in [-0.4, -0.2) is 44.0 Å². The highest BCUT2D eigenvalue weighted by atomic mass is 127. The highest BCUT2D eigenvalue weighted by Gasteiger charge is 2.31. The molecule has 0 fully saturated rings. The second-order valence-corrected chi connectivity index (χ2v) is 21.4. The van der Waals surface area contributed by atoms with E-state index in [1.165, 1.54) is 99.0 Å². The molecular weight excluding hydrogens is 1320 g/mol. The predicted molar refractivity (Wildman–Crippen MR) is 326 cm³/mol. The fourth-order valence-electron chi connectivity index (χ4n) is 7.67. The molecule has 0 aliphatic carbocycles. The lowest BCUT2D eigenvalue weighted by Crippen LogP contribution is -2.41. The Balaban J connectivity index is 0.000000176. The van der Waals surface area contributed by atoms with Gasteiger partial charge in [-0.3, -0.25) is 0 Å². The molecule has 0 amide bonds. The number of hydrogen-bond donors (Lipinski definition) is 2. The zero-order valence-corrected chi connectivity index (χ0v) is 49.8. The third kappa shape index (κ3) is 14.9. The van der Waals surface area contributed by atoms with E-state index >= 15 is 0 Å². The Morgan fingerprint density at radius 2 is 0.710 bits per heavy atom. The molecular formula is C55H50B3Br3Cl2I2O4. The molecule has 0 saturated carbocycles. The normalized spacial score (nSPS) is 10.7. The first-order valence-electron chi connectivity index (χ1n) is 21.8. The third-order valence-electron chi connectivity index (χ3n) is 11.2. The molecule has 1 heterocycles. The highest BCUT2D eigenvalue weighted by Crippen LogP contribution is 2.40. The second-order valence-electron chi connectivity index (χ2n) is 15.9. The van der Waals surface area contributed by atoms with E-state index in [1.807, 2.05) is 25.1 Å². The second kappa shape index (κ2) is 27.9. The van der Waals surface area contributed by atoms with E-state index in [-0.39, 0.29) is 6.13 Å². The van der Waals surface area contributed by atoms with Crippen molar-refractivity contribution in [1.29, 1.82) is 0 Å². The fourth-order valence-corrected chi connectivity index (χ4v) is 10.4. The van der Waals surface area contributed by atoms with Gasteiger partial charge in [0.2, 0.25) is 0 Å². The van der Waals surface area contributed by atoms with Crippen LogP contribution < -0.4 is 16.4 Å². The molecule has 0 saturated heterocycles. The lowest BCUT2D eigenvalue weighted by molar-refractivity contribution is 0.299. The van der Waals surface area contributed by atoms with Gasteiger partial charge in [-0.05, 0) is 201 Å². The first-order valence-corrected chi connectivity index (χ1v) is 27.2. The summed E-state index contributed by atoms with van der Waals surface area (Å²) in [7, 11) is 1.55. The minimum Gasteiger partial charge on any atom is -0.423 e. The van der Waals surface area contributed by atoms with Crippen LogP contribution in [0.3, 0.4) is 0 Å². The van der Waals surface area contributed by atoms with Crippen molar-refractivity contribution in [3.63, 3.8) is 0 Å². The summed E-state index contributed by atoms with van der Waals surface area (Å²) < 4.78 is 14.6. The summed E-state index contributed by atoms with van der Waals surface area (Å²) in [6.45, 7) is 9.86. The monoisotopic (exact) mass is 1370 g/mol. The van der Waals surface area contributed by atoms with E-state index in [4.69, 9.17) is 33.0 Å². The Bertz CT molecular complexity index is 2830. The molecule has 9 rings (SSSR count). The van der Waals surface area contributed by atoms with Crippen molar-refractivity contribution in [3.8, 4) is 44.5 Å². The van der Waals surface area contributed by atoms with Crippen molar-refractivity contribution in [2.24, 2.45) is 0 Å². The van der Waals surface area contributed by atoms with Crippen LogP contribution in [0.5, 0.6) is 0 Å². The van der Waals surface area contributed by atoms with Crippen molar-refractivity contribution in [1.82, 2.24) is 0 Å². The first kappa shape index (κ1) is 57.2. The van der Waals surface area contributed by atoms with Gasteiger partial charge in [-0.1, -0.05) is 179 Å². The van der Waals surface area contributed by atoms with Gasteiger partial charge in [0, 0.05) is 34.8 Å². The zero-order valence-electron chi connectivity index (χ0n) is 39.2. The Labute approximate surface area is 471 Å². The number of fused-ring (bicyclic) bond motifs is 5. The van der Waals surface area contributed by atoms with Crippen LogP contribution in [0.25, 0.3) is 44.5 Å². The Hall–Kier alpha value is -2.73. The van der Waals surface area contributed by atoms with E-state index in [9.17, 15) is 0 Å². The van der Waals surface area contributed by atoms with Crippen molar-refractivity contribution < 1.29 is 19.4 Å². The number of hydrogen-bond acceptors (Lipinski definition) is 4. The van der Waals surface area contributed by atoms with Crippen LogP contribution in [0.1, 0.15) is 27.8 Å². The van der Waals surface area contributed by atoms with Gasteiger partial charge >= 0.3 is 19.8 Å². The minimum absolute atomic E-state index is 0.111. The molecule has 0 aromatic heterocycles. The number of aryl methyl sites for hydroxylation is 5. The van der Waals surface area contributed by atoms with E-state index < -0.39 is 13.7 Å². The van der Waals surface area contributed by atoms with Gasteiger partial charge < -0.3 is 19.4 Å². The molecule has 1 aliphatic heterocycles. The molecule has 0 bridgehead atoms. The SMILES string of the molecule is COB(Cl)OC.Cc1cccc(-c2ccccc2-c2cccc(C)c2Br)c1Br.Cc1cccc(B(O)O)c1Br.Cc1cccc2c1B(Cl)c1c(C)cccc1-c1ccccc1-2.Ic1ccccc1I. The maximum absolute atomic E-state index is 8.85. The van der Waals surface area contributed by atoms with Crippen LogP contribution in [0.15, 0.2) is 177 Å². The van der Waals surface area contributed by atoms with Crippen LogP contribution in [-0.2, 0) is 9.31 Å². The van der Waals surface area contributed by atoms with Crippen LogP contribution >= 0.6 is 116 Å². The third-order valence-corrected chi connectivity index (χ3v) is 18.1. The minimum atomic E-state index is -1.40. The average Bonchev–Trinajstić information content (AvgIpc) is 3.46. The maximum Gasteiger partial charge on any atom is 0.571 e. The van der Waals surface area contributed by atoms with Gasteiger partial charge in [-0.15, -0.1) is 11.5 Å². The van der Waals surface area contributed by atoms with Crippen molar-refractivity contribution in [2.75, 3.05) is 14.2 Å². The molecule has 4 nitrogen and oxygen atoms in total. The Morgan fingerprint density at radius 1 is 0.420 bits per heavy atom. The smallest absolute Gasteiger partial charge is 0.423 e. The maximum atomic E-state index is 8.85. The summed E-state index contributed by atoms with van der Waals surface area (Å²) in [5, 5.41) is 17.7. The largest absolute Gasteiger partial charge is 0.571 e. The molecule has 8 aromatic carbocycles. The van der Waals surface area contributed by atoms with Gasteiger partial charge in [0.25, 0.3) is 0 Å². The molecule has 0 unspecified atom stereocenters. The molecule has 2 N–H and O–H groups in total. The van der Waals surface area contributed by atoms with Crippen molar-refractivity contribution >= 4 is 152 Å². The predicted octanol–water partition coefficient (Wildman–Crippen LogP) is 15.3. The number of rotatable bonds is 5. The summed E-state index contributed by atoms with van der Waals surface area (Å²) in [6.07, 6.45) is -0.111. The molecule has 1 aliphatic rings. The van der Waals surface area contributed by atoms with Gasteiger partial charge in [0.05, 0.1) is 0 Å². The summed E-state index contributed by atoms with van der Waals surface area (Å²) in [5.41, 5.74) is 19.0. The molecule has 69 heavy (non-hydrogen) atoms. The number of halogens is 7. The highest BCUT2D eigenvalue weighted by molar-refractivity contribution is 14.1. The lowest BCUT2D eigenvalue weighted by atomic mass is 9.57. The van der Waals surface area contributed by atoms with Crippen LogP contribution in [0, 0.1) is 41.8 Å². The van der Waals surface area contributed by atoms with Gasteiger partial charge in [0.15, 0.2) is 0 Å². The molecule has 0 radical (unpaired) electrons. The topological polar surface area (TPSA) is 58.9 Å². The van der Waals surface area contributed by atoms with Crippen LogP contribution in [0.4, 0.5) is 0 Å². The zero-order chi connectivity index (χ0) is 50.4. The molecule has 0 spiro atoms. The van der Waals surface area contributed by atoms with E-state index in [0.717, 1.165) is 19.0 Å². The number of benzene rings is 8. The summed E-state index contributed by atoms with van der Waals surface area (Å²) in [5.74, 6) is 0. The first-order chi connectivity index (χ1) is 33.0. The molecule has 0 atom stereocenters. The molecule has 352 valence electrons. The molecule has 14 heteroatoms. The fraction of sp³-hybridized carbons (Fsp3) is 0.127. The standard InChI is InChI=1S/C20H16BCl.C20H16Br2.C7H8BBrO2.C6H4I2.C2H6BClO2/c1-13-7-5-11-17-15-9-3-4-10-16(15)18-12-6-8-14(2)20(18)21(22)19(13)17;1-13-7-5-11-17(19(13)21)15-9-3-4-10-16(15)18-12-6-8-14(2)20(18)22;1-5-3-2-4-6(7(5)9)8(10)11;7-5-3-1-2-4-6(5)8;1-5-3(4)6-2/h2*3-12H,1-2H3;2-4,10-11H,1H3;1-4H;1-2H3. The van der Waals surface area contributed by atoms with E-state index in [1.54, 1.807) is 12.1 Å². The summed E-state index contributed by atoms with van der Waals surface area (Å²) in [4.78, 5) is 0. The van der Waals surface area contributed by atoms with Gasteiger partial charge in [-0.25, -0.2) is 0 Å². The quantitative estimate of drug-likeness (QED) is 0.133. The van der Waals surface area contributed by atoms with Crippen LogP contribution in [0.2, 0.25) is 0 Å². The van der Waals surface area contributed by atoms with Crippen molar-refractivity contribution in [3.05, 3.63) is 212 Å². The van der Waals surface area contributed by atoms with Crippen molar-refractivity contribution in [2.45, 2.75) is 34.6 Å². The molecule has 8 aromatic rings. The Morgan fingerprint density at radius 3 is 1.03 bits per heavy atom. The van der Waals surface area contributed by atoms with E-state index in [2.05, 4.69) is 263 Å².